The molecule has 6 rings (SSSR count). The van der Waals surface area contributed by atoms with Crippen LogP contribution in [0.4, 0.5) is 4.79 Å². The number of amides is 2. The van der Waals surface area contributed by atoms with Crippen LogP contribution in [0, 0.1) is 0 Å². The molecule has 3 atom stereocenters. The number of benzene rings is 1. The number of nitrogens with zero attached hydrogens (tertiary/aromatic N) is 3. The van der Waals surface area contributed by atoms with E-state index < -0.39 is 0 Å². The summed E-state index contributed by atoms with van der Waals surface area (Å²) in [5.74, 6) is 2.73. The first kappa shape index (κ1) is 21.1. The van der Waals surface area contributed by atoms with Gasteiger partial charge in [0.2, 0.25) is 5.89 Å². The highest BCUT2D eigenvalue weighted by Gasteiger charge is 2.42. The molecule has 4 fully saturated rings. The number of carbonyl (C=O) groups is 1. The minimum atomic E-state index is -0.0348. The molecule has 2 aliphatic heterocycles. The van der Waals surface area contributed by atoms with Crippen LogP contribution in [0.1, 0.15) is 99.4 Å². The summed E-state index contributed by atoms with van der Waals surface area (Å²) in [7, 11) is 0. The van der Waals surface area contributed by atoms with Gasteiger partial charge in [0.15, 0.2) is 5.82 Å². The van der Waals surface area contributed by atoms with Gasteiger partial charge in [-0.2, -0.15) is 4.98 Å². The monoisotopic (exact) mass is 449 g/mol. The third-order valence-corrected chi connectivity index (χ3v) is 8.26. The fraction of sp³-hybridized carbons (Fsp3) is 0.654. The highest BCUT2D eigenvalue weighted by atomic mass is 16.5. The lowest BCUT2D eigenvalue weighted by Crippen LogP contribution is -2.45. The number of nitrogens with one attached hydrogen (secondary N) is 2. The summed E-state index contributed by atoms with van der Waals surface area (Å²) in [5, 5.41) is 10.7. The molecule has 1 aromatic carbocycles. The fourth-order valence-electron chi connectivity index (χ4n) is 5.98. The van der Waals surface area contributed by atoms with E-state index in [0.29, 0.717) is 30.0 Å². The van der Waals surface area contributed by atoms with Gasteiger partial charge in [0.05, 0.1) is 6.04 Å². The van der Waals surface area contributed by atoms with Crippen LogP contribution in [0.2, 0.25) is 0 Å². The van der Waals surface area contributed by atoms with Gasteiger partial charge in [-0.15, -0.1) is 0 Å². The number of piperidine rings is 1. The van der Waals surface area contributed by atoms with Crippen molar-refractivity contribution in [1.82, 2.24) is 25.7 Å². The van der Waals surface area contributed by atoms with E-state index in [1.54, 1.807) is 0 Å². The Morgan fingerprint density at radius 2 is 1.79 bits per heavy atom. The van der Waals surface area contributed by atoms with Gasteiger partial charge >= 0.3 is 6.03 Å². The Kier molecular flexibility index (Phi) is 5.82. The molecule has 7 heteroatoms. The third-order valence-electron chi connectivity index (χ3n) is 8.26. The summed E-state index contributed by atoms with van der Waals surface area (Å²) in [4.78, 5) is 20.0. The van der Waals surface area contributed by atoms with E-state index in [4.69, 9.17) is 9.51 Å². The molecule has 33 heavy (non-hydrogen) atoms. The van der Waals surface area contributed by atoms with Gasteiger partial charge in [0, 0.05) is 36.5 Å². The normalized spacial score (nSPS) is 28.3. The van der Waals surface area contributed by atoms with E-state index in [2.05, 4.69) is 45.0 Å². The average Bonchev–Trinajstić information content (AvgIpc) is 3.42. The Balaban J connectivity index is 1.08. The van der Waals surface area contributed by atoms with Crippen LogP contribution < -0.4 is 10.6 Å². The lowest BCUT2D eigenvalue weighted by Gasteiger charge is -2.38. The molecule has 0 radical (unpaired) electrons. The zero-order chi connectivity index (χ0) is 22.2. The fourth-order valence-corrected chi connectivity index (χ4v) is 5.98. The zero-order valence-electron chi connectivity index (χ0n) is 19.3. The summed E-state index contributed by atoms with van der Waals surface area (Å²) in [6.45, 7) is 1.00. The topological polar surface area (TPSA) is 83.3 Å². The maximum Gasteiger partial charge on any atom is 0.315 e. The van der Waals surface area contributed by atoms with Crippen molar-refractivity contribution in [2.24, 2.45) is 0 Å². The zero-order valence-corrected chi connectivity index (χ0v) is 19.3. The van der Waals surface area contributed by atoms with Crippen molar-refractivity contribution in [2.45, 2.75) is 100 Å². The molecule has 1 aromatic heterocycles. The smallest absolute Gasteiger partial charge is 0.315 e. The van der Waals surface area contributed by atoms with E-state index in [0.717, 1.165) is 50.4 Å². The highest BCUT2D eigenvalue weighted by Crippen LogP contribution is 2.43. The average molecular weight is 450 g/mol. The Labute approximate surface area is 195 Å². The minimum Gasteiger partial charge on any atom is -0.339 e. The number of rotatable bonds is 8. The molecule has 2 aromatic rings. The standard InChI is InChI=1S/C26H35N5O2/c32-26(27-20-9-10-20)28-23(17-5-2-1-3-6-17)13-14-31-21-11-12-22(31)16-19(15-21)24-29-25(33-30-24)18-7-4-8-18/h1-3,5-6,18-23H,4,7-16H2,(H2,27,28,32)/t21-,22-,23+/m0/s1. The summed E-state index contributed by atoms with van der Waals surface area (Å²) in [6.07, 6.45) is 11.5. The van der Waals surface area contributed by atoms with Gasteiger partial charge in [0.25, 0.3) is 0 Å². The van der Waals surface area contributed by atoms with Gasteiger partial charge in [-0.05, 0) is 63.4 Å². The van der Waals surface area contributed by atoms with Crippen molar-refractivity contribution in [2.75, 3.05) is 6.54 Å². The Hall–Kier alpha value is -2.41. The summed E-state index contributed by atoms with van der Waals surface area (Å²) < 4.78 is 5.62. The second-order valence-electron chi connectivity index (χ2n) is 10.6. The summed E-state index contributed by atoms with van der Waals surface area (Å²) in [6, 6.07) is 11.9. The lowest BCUT2D eigenvalue weighted by molar-refractivity contribution is 0.118. The number of carbonyl (C=O) groups excluding carboxylic acids is 1. The molecule has 0 unspecified atom stereocenters. The van der Waals surface area contributed by atoms with Gasteiger partial charge in [-0.25, -0.2) is 4.79 Å². The molecular formula is C26H35N5O2. The second-order valence-corrected chi connectivity index (χ2v) is 10.6. The van der Waals surface area contributed by atoms with Crippen molar-refractivity contribution in [3.05, 3.63) is 47.6 Å². The molecular weight excluding hydrogens is 414 g/mol. The van der Waals surface area contributed by atoms with Crippen LogP contribution in [-0.2, 0) is 0 Å². The minimum absolute atomic E-state index is 0.0318. The number of hydrogen-bond acceptors (Lipinski definition) is 5. The quantitative estimate of drug-likeness (QED) is 0.613. The first-order valence-electron chi connectivity index (χ1n) is 12.9. The van der Waals surface area contributed by atoms with Crippen LogP contribution in [-0.4, -0.2) is 45.7 Å². The first-order valence-corrected chi connectivity index (χ1v) is 12.9. The number of aromatic nitrogens is 2. The predicted octanol–water partition coefficient (Wildman–Crippen LogP) is 4.64. The van der Waals surface area contributed by atoms with Crippen LogP contribution in [0.3, 0.4) is 0 Å². The van der Waals surface area contributed by atoms with Gasteiger partial charge in [-0.1, -0.05) is 41.9 Å². The van der Waals surface area contributed by atoms with Gasteiger partial charge in [0.1, 0.15) is 0 Å². The maximum absolute atomic E-state index is 12.5. The van der Waals surface area contributed by atoms with E-state index in [-0.39, 0.29) is 12.1 Å². The molecule has 3 heterocycles. The highest BCUT2D eigenvalue weighted by molar-refractivity contribution is 5.75. The molecule has 2 aliphatic carbocycles. The van der Waals surface area contributed by atoms with Crippen LogP contribution in [0.5, 0.6) is 0 Å². The largest absolute Gasteiger partial charge is 0.339 e. The van der Waals surface area contributed by atoms with E-state index in [1.807, 2.05) is 6.07 Å². The van der Waals surface area contributed by atoms with Gasteiger partial charge in [-0.3, -0.25) is 4.90 Å². The van der Waals surface area contributed by atoms with Gasteiger partial charge < -0.3 is 15.2 Å². The molecule has 2 N–H and O–H groups in total. The van der Waals surface area contributed by atoms with Crippen LogP contribution >= 0.6 is 0 Å². The van der Waals surface area contributed by atoms with E-state index in [1.165, 1.54) is 37.7 Å². The molecule has 176 valence electrons. The van der Waals surface area contributed by atoms with E-state index in [9.17, 15) is 4.79 Å². The summed E-state index contributed by atoms with van der Waals surface area (Å²) >= 11 is 0. The number of hydrogen-bond donors (Lipinski definition) is 2. The molecule has 0 spiro atoms. The van der Waals surface area contributed by atoms with Crippen LogP contribution in [0.15, 0.2) is 34.9 Å². The Morgan fingerprint density at radius 1 is 1.03 bits per heavy atom. The Bertz CT molecular complexity index is 941. The van der Waals surface area contributed by atoms with Crippen LogP contribution in [0.25, 0.3) is 0 Å². The van der Waals surface area contributed by atoms with Crippen molar-refractivity contribution < 1.29 is 9.32 Å². The first-order chi connectivity index (χ1) is 16.2. The summed E-state index contributed by atoms with van der Waals surface area (Å²) in [5.41, 5.74) is 1.18. The van der Waals surface area contributed by atoms with Crippen molar-refractivity contribution in [1.29, 1.82) is 0 Å². The third kappa shape index (κ3) is 4.65. The number of urea groups is 1. The molecule has 2 saturated heterocycles. The predicted molar refractivity (Wildman–Crippen MR) is 125 cm³/mol. The van der Waals surface area contributed by atoms with Crippen molar-refractivity contribution >= 4 is 6.03 Å². The number of fused-ring (bicyclic) bond motifs is 2. The van der Waals surface area contributed by atoms with Crippen molar-refractivity contribution in [3.63, 3.8) is 0 Å². The lowest BCUT2D eigenvalue weighted by atomic mass is 9.85. The molecule has 2 amide bonds. The maximum atomic E-state index is 12.5. The van der Waals surface area contributed by atoms with Crippen molar-refractivity contribution in [3.8, 4) is 0 Å². The Morgan fingerprint density at radius 3 is 2.45 bits per heavy atom. The molecule has 2 saturated carbocycles. The second kappa shape index (κ2) is 9.09. The molecule has 7 nitrogen and oxygen atoms in total. The molecule has 2 bridgehead atoms. The molecule has 4 aliphatic rings. The van der Waals surface area contributed by atoms with E-state index >= 15 is 0 Å². The SMILES string of the molecule is O=C(NC1CC1)N[C@H](CCN1[C@H]2CC[C@H]1CC(c1noc(C3CCC3)n1)C2)c1ccccc1.